The summed E-state index contributed by atoms with van der Waals surface area (Å²) in [6.07, 6.45) is 6.12. The van der Waals surface area contributed by atoms with E-state index in [1.807, 2.05) is 47.9 Å². The molecule has 0 radical (unpaired) electrons. The van der Waals surface area contributed by atoms with Crippen LogP contribution in [0.2, 0.25) is 0 Å². The molecule has 1 atom stereocenters. The maximum Gasteiger partial charge on any atom is 0.257 e. The van der Waals surface area contributed by atoms with Crippen LogP contribution in [0.3, 0.4) is 0 Å². The lowest BCUT2D eigenvalue weighted by Gasteiger charge is -2.16. The van der Waals surface area contributed by atoms with Crippen molar-refractivity contribution in [2.75, 3.05) is 11.9 Å². The minimum Gasteiger partial charge on any atom is -0.389 e. The molecule has 5 nitrogen and oxygen atoms in total. The van der Waals surface area contributed by atoms with Crippen LogP contribution < -0.4 is 10.9 Å². The summed E-state index contributed by atoms with van der Waals surface area (Å²) in [5.74, 6) is 2.73. The number of aryl methyl sites for hydroxylation is 2. The summed E-state index contributed by atoms with van der Waals surface area (Å²) in [7, 11) is 0. The number of fused-ring (bicyclic) bond motifs is 3. The average molecular weight is 399 g/mol. The first-order chi connectivity index (χ1) is 14.5. The number of hydrogen-bond acceptors (Lipinski definition) is 3. The van der Waals surface area contributed by atoms with Crippen molar-refractivity contribution in [1.82, 2.24) is 8.97 Å². The zero-order chi connectivity index (χ0) is 21.3. The van der Waals surface area contributed by atoms with Gasteiger partial charge in [-0.2, -0.15) is 0 Å². The predicted molar refractivity (Wildman–Crippen MR) is 122 cm³/mol. The number of pyridine rings is 1. The van der Waals surface area contributed by atoms with Crippen LogP contribution in [0.1, 0.15) is 23.6 Å². The van der Waals surface area contributed by atoms with Crippen molar-refractivity contribution >= 4 is 22.4 Å². The van der Waals surface area contributed by atoms with Crippen LogP contribution in [0.5, 0.6) is 0 Å². The van der Waals surface area contributed by atoms with E-state index in [0.717, 1.165) is 28.7 Å². The van der Waals surface area contributed by atoms with Crippen molar-refractivity contribution < 1.29 is 5.11 Å². The zero-order valence-corrected chi connectivity index (χ0v) is 17.2. The van der Waals surface area contributed by atoms with Crippen molar-refractivity contribution in [3.8, 4) is 12.3 Å². The van der Waals surface area contributed by atoms with Crippen molar-refractivity contribution in [3.63, 3.8) is 0 Å². The minimum atomic E-state index is -0.670. The molecule has 0 bridgehead atoms. The number of benzene rings is 2. The van der Waals surface area contributed by atoms with Crippen molar-refractivity contribution in [1.29, 1.82) is 0 Å². The second kappa shape index (κ2) is 8.10. The molecule has 0 saturated carbocycles. The summed E-state index contributed by atoms with van der Waals surface area (Å²) < 4.78 is 3.59. The quantitative estimate of drug-likeness (QED) is 0.487. The molecule has 4 aromatic rings. The Labute approximate surface area is 175 Å². The first kappa shape index (κ1) is 19.8. The van der Waals surface area contributed by atoms with Crippen molar-refractivity contribution in [2.24, 2.45) is 0 Å². The summed E-state index contributed by atoms with van der Waals surface area (Å²) in [6, 6.07) is 17.4. The molecule has 2 aromatic carbocycles. The first-order valence-corrected chi connectivity index (χ1v) is 10.1. The number of nitrogens with one attached hydrogen (secondary N) is 1. The SMILES string of the molecule is C#Cc1c(C)cc(=O)n2c3ccccc3n(CC(O)CNc3ccc(CC)cc3)c12. The molecule has 0 saturated heterocycles. The van der Waals surface area contributed by atoms with Crippen LogP contribution in [0, 0.1) is 19.3 Å². The number of terminal acetylenes is 1. The first-order valence-electron chi connectivity index (χ1n) is 10.1. The fraction of sp³-hybridized carbons (Fsp3) is 0.240. The summed E-state index contributed by atoms with van der Waals surface area (Å²) in [5, 5.41) is 14.1. The number of imidazole rings is 1. The van der Waals surface area contributed by atoms with E-state index < -0.39 is 6.10 Å². The van der Waals surface area contributed by atoms with Crippen molar-refractivity contribution in [2.45, 2.75) is 32.9 Å². The van der Waals surface area contributed by atoms with Crippen LogP contribution in [0.25, 0.3) is 16.7 Å². The van der Waals surface area contributed by atoms with E-state index in [0.29, 0.717) is 24.3 Å². The molecule has 30 heavy (non-hydrogen) atoms. The van der Waals surface area contributed by atoms with Crippen molar-refractivity contribution in [3.05, 3.63) is 81.6 Å². The molecule has 2 N–H and O–H groups in total. The maximum atomic E-state index is 12.7. The largest absolute Gasteiger partial charge is 0.389 e. The molecule has 5 heteroatoms. The molecule has 0 fully saturated rings. The van der Waals surface area contributed by atoms with Gasteiger partial charge < -0.3 is 15.0 Å². The van der Waals surface area contributed by atoms with Crippen LogP contribution >= 0.6 is 0 Å². The molecule has 152 valence electrons. The number of aliphatic hydroxyl groups excluding tert-OH is 1. The molecule has 0 aliphatic carbocycles. The van der Waals surface area contributed by atoms with Gasteiger partial charge in [-0.25, -0.2) is 0 Å². The molecular formula is C25H25N3O2. The standard InChI is InChI=1S/C25H25N3O2/c1-4-18-10-12-19(13-11-18)26-15-20(29)16-27-22-8-6-7-9-23(22)28-24(30)14-17(3)21(5-2)25(27)28/h2,6-14,20,26,29H,4,15-16H2,1,3H3. The van der Waals surface area contributed by atoms with Crippen LogP contribution in [-0.2, 0) is 13.0 Å². The molecule has 0 aliphatic rings. The molecule has 2 heterocycles. The van der Waals surface area contributed by atoms with Crippen LogP contribution in [0.15, 0.2) is 59.4 Å². The Morgan fingerprint density at radius 2 is 1.83 bits per heavy atom. The third-order valence-corrected chi connectivity index (χ3v) is 5.50. The summed E-state index contributed by atoms with van der Waals surface area (Å²) in [5.41, 5.74) is 5.83. The fourth-order valence-electron chi connectivity index (χ4n) is 3.93. The smallest absolute Gasteiger partial charge is 0.257 e. The topological polar surface area (TPSA) is 58.7 Å². The number of nitrogens with zero attached hydrogens (tertiary/aromatic N) is 2. The highest BCUT2D eigenvalue weighted by Crippen LogP contribution is 2.24. The van der Waals surface area contributed by atoms with Gasteiger partial charge in [-0.15, -0.1) is 6.42 Å². The Bertz CT molecular complexity index is 1310. The van der Waals surface area contributed by atoms with E-state index in [2.05, 4.69) is 30.3 Å². The summed E-state index contributed by atoms with van der Waals surface area (Å²) >= 11 is 0. The number of aromatic nitrogens is 2. The molecule has 1 unspecified atom stereocenters. The zero-order valence-electron chi connectivity index (χ0n) is 17.2. The molecule has 0 amide bonds. The minimum absolute atomic E-state index is 0.125. The Kier molecular flexibility index (Phi) is 5.35. The van der Waals surface area contributed by atoms with Gasteiger partial charge in [0.2, 0.25) is 0 Å². The lowest BCUT2D eigenvalue weighted by atomic mass is 10.1. The fourth-order valence-corrected chi connectivity index (χ4v) is 3.93. The lowest BCUT2D eigenvalue weighted by molar-refractivity contribution is 0.169. The highest BCUT2D eigenvalue weighted by molar-refractivity contribution is 5.84. The van der Waals surface area contributed by atoms with Gasteiger partial charge in [0.25, 0.3) is 5.56 Å². The second-order valence-corrected chi connectivity index (χ2v) is 7.53. The third kappa shape index (κ3) is 3.47. The van der Waals surface area contributed by atoms with Gasteiger partial charge in [0.05, 0.1) is 29.2 Å². The normalized spacial score (nSPS) is 12.2. The van der Waals surface area contributed by atoms with Gasteiger partial charge in [-0.05, 0) is 48.7 Å². The van der Waals surface area contributed by atoms with E-state index in [9.17, 15) is 9.90 Å². The van der Waals surface area contributed by atoms with Crippen LogP contribution in [0.4, 0.5) is 5.69 Å². The maximum absolute atomic E-state index is 12.7. The summed E-state index contributed by atoms with van der Waals surface area (Å²) in [4.78, 5) is 12.7. The van der Waals surface area contributed by atoms with Gasteiger partial charge in [-0.3, -0.25) is 9.20 Å². The number of rotatable bonds is 6. The molecule has 0 aliphatic heterocycles. The van der Waals surface area contributed by atoms with Gasteiger partial charge in [0.1, 0.15) is 5.65 Å². The highest BCUT2D eigenvalue weighted by Gasteiger charge is 2.18. The van der Waals surface area contributed by atoms with E-state index in [4.69, 9.17) is 6.42 Å². The lowest BCUT2D eigenvalue weighted by Crippen LogP contribution is -2.25. The van der Waals surface area contributed by atoms with E-state index in [-0.39, 0.29) is 5.56 Å². The van der Waals surface area contributed by atoms with Gasteiger partial charge in [0.15, 0.2) is 0 Å². The molecular weight excluding hydrogens is 374 g/mol. The van der Waals surface area contributed by atoms with Gasteiger partial charge >= 0.3 is 0 Å². The number of aliphatic hydroxyl groups is 1. The van der Waals surface area contributed by atoms with E-state index >= 15 is 0 Å². The summed E-state index contributed by atoms with van der Waals surface area (Å²) in [6.45, 7) is 4.66. The Hall–Kier alpha value is -3.49. The number of anilines is 1. The number of hydrogen-bond donors (Lipinski definition) is 2. The Morgan fingerprint density at radius 1 is 1.13 bits per heavy atom. The average Bonchev–Trinajstić information content (AvgIpc) is 3.07. The Balaban J connectivity index is 1.70. The van der Waals surface area contributed by atoms with E-state index in [1.165, 1.54) is 5.56 Å². The third-order valence-electron chi connectivity index (χ3n) is 5.50. The van der Waals surface area contributed by atoms with Crippen LogP contribution in [-0.4, -0.2) is 26.7 Å². The molecule has 4 rings (SSSR count). The molecule has 0 spiro atoms. The van der Waals surface area contributed by atoms with Gasteiger partial charge in [0, 0.05) is 18.3 Å². The molecule has 2 aromatic heterocycles. The van der Waals surface area contributed by atoms with E-state index in [1.54, 1.807) is 10.5 Å². The second-order valence-electron chi connectivity index (χ2n) is 7.53. The van der Waals surface area contributed by atoms with Gasteiger partial charge in [-0.1, -0.05) is 37.1 Å². The number of para-hydroxylation sites is 2. The predicted octanol–water partition coefficient (Wildman–Crippen LogP) is 3.58. The highest BCUT2D eigenvalue weighted by atomic mass is 16.3. The monoisotopic (exact) mass is 399 g/mol. The Morgan fingerprint density at radius 3 is 2.50 bits per heavy atom.